The Bertz CT molecular complexity index is 750. The number of hydrogen-bond acceptors (Lipinski definition) is 8. The number of hydrogen-bond donors (Lipinski definition) is 1. The zero-order chi connectivity index (χ0) is 20.2. The molecule has 0 aliphatic heterocycles. The smallest absolute Gasteiger partial charge is 0.331 e. The Morgan fingerprint density at radius 3 is 2.08 bits per heavy atom. The van der Waals surface area contributed by atoms with Crippen LogP contribution in [0.4, 0.5) is 0 Å². The summed E-state index contributed by atoms with van der Waals surface area (Å²) in [6, 6.07) is 5.49. The minimum Gasteiger partial charge on any atom is -0.466 e. The van der Waals surface area contributed by atoms with Gasteiger partial charge < -0.3 is 19.4 Å². The van der Waals surface area contributed by atoms with Crippen LogP contribution < -0.4 is 9.92 Å². The van der Waals surface area contributed by atoms with Crippen molar-refractivity contribution in [1.82, 2.24) is 0 Å². The molecule has 1 unspecified atom stereocenters. The minimum atomic E-state index is -3.69. The average molecular weight is 387 g/mol. The molecule has 0 saturated heterocycles. The fourth-order valence-electron chi connectivity index (χ4n) is 2.08. The predicted molar refractivity (Wildman–Crippen MR) is 94.9 cm³/mol. The lowest BCUT2D eigenvalue weighted by Crippen LogP contribution is -2.50. The summed E-state index contributed by atoms with van der Waals surface area (Å²) in [4.78, 5) is 24.6. The fourth-order valence-corrected chi connectivity index (χ4v) is 2.54. The van der Waals surface area contributed by atoms with Gasteiger partial charge in [-0.25, -0.2) is 4.79 Å². The molecule has 0 amide bonds. The lowest BCUT2D eigenvalue weighted by atomic mass is 9.87. The molecule has 1 aromatic rings. The second-order valence-electron chi connectivity index (χ2n) is 6.77. The number of rotatable bonds is 7. The average Bonchev–Trinajstić information content (AvgIpc) is 2.44. The molecule has 0 spiro atoms. The molecule has 8 nitrogen and oxygen atoms in total. The zero-order valence-corrected chi connectivity index (χ0v) is 16.4. The van der Waals surface area contributed by atoms with Gasteiger partial charge in [0.2, 0.25) is 0 Å². The molecule has 0 saturated carbocycles. The highest BCUT2D eigenvalue weighted by atomic mass is 32.2. The Balaban J connectivity index is 3.22. The van der Waals surface area contributed by atoms with Crippen LogP contribution in [0.2, 0.25) is 0 Å². The van der Waals surface area contributed by atoms with Crippen LogP contribution >= 0.6 is 0 Å². The van der Waals surface area contributed by atoms with E-state index in [2.05, 4.69) is 0 Å². The van der Waals surface area contributed by atoms with E-state index in [9.17, 15) is 18.0 Å². The van der Waals surface area contributed by atoms with E-state index in [1.807, 2.05) is 0 Å². The van der Waals surface area contributed by atoms with Crippen molar-refractivity contribution in [2.75, 3.05) is 12.9 Å². The molecule has 0 radical (unpaired) electrons. The van der Waals surface area contributed by atoms with Crippen LogP contribution in [0.3, 0.4) is 0 Å². The van der Waals surface area contributed by atoms with Crippen LogP contribution in [-0.4, -0.2) is 38.8 Å². The predicted octanol–water partition coefficient (Wildman–Crippen LogP) is 1.47. The first-order chi connectivity index (χ1) is 11.8. The molecule has 0 heterocycles. The highest BCUT2D eigenvalue weighted by Crippen LogP contribution is 2.29. The molecule has 0 aromatic heterocycles. The summed E-state index contributed by atoms with van der Waals surface area (Å²) >= 11 is 0. The Hall–Kier alpha value is -2.13. The highest BCUT2D eigenvalue weighted by molar-refractivity contribution is 7.86. The SMILES string of the molecule is CCOC(=O)CC(N)(C(=O)OC(C)(C)C)c1ccc(OS(C)(=O)=O)cc1. The van der Waals surface area contributed by atoms with Crippen molar-refractivity contribution in [2.24, 2.45) is 5.73 Å². The van der Waals surface area contributed by atoms with Gasteiger partial charge in [0.1, 0.15) is 11.4 Å². The van der Waals surface area contributed by atoms with Gasteiger partial charge in [0.25, 0.3) is 0 Å². The first-order valence-electron chi connectivity index (χ1n) is 7.95. The topological polar surface area (TPSA) is 122 Å². The Kier molecular flexibility index (Phi) is 6.78. The molecular formula is C17H25NO7S. The van der Waals surface area contributed by atoms with Crippen LogP contribution in [-0.2, 0) is 34.7 Å². The summed E-state index contributed by atoms with van der Waals surface area (Å²) in [6.07, 6.45) is 0.484. The molecule has 0 aliphatic carbocycles. The van der Waals surface area contributed by atoms with Crippen LogP contribution in [0.1, 0.15) is 39.7 Å². The maximum atomic E-state index is 12.7. The monoisotopic (exact) mass is 387 g/mol. The van der Waals surface area contributed by atoms with Crippen molar-refractivity contribution < 1.29 is 31.7 Å². The summed E-state index contributed by atoms with van der Waals surface area (Å²) in [6.45, 7) is 6.82. The molecule has 1 atom stereocenters. The van der Waals surface area contributed by atoms with Gasteiger partial charge in [-0.05, 0) is 45.4 Å². The molecule has 9 heteroatoms. The fraction of sp³-hybridized carbons (Fsp3) is 0.529. The van der Waals surface area contributed by atoms with Crippen LogP contribution in [0.15, 0.2) is 24.3 Å². The number of benzene rings is 1. The van der Waals surface area contributed by atoms with E-state index in [0.29, 0.717) is 0 Å². The second kappa shape index (κ2) is 8.05. The van der Waals surface area contributed by atoms with Crippen LogP contribution in [0, 0.1) is 0 Å². The number of ether oxygens (including phenoxy) is 2. The molecule has 1 rings (SSSR count). The van der Waals surface area contributed by atoms with E-state index >= 15 is 0 Å². The van der Waals surface area contributed by atoms with Gasteiger partial charge in [-0.15, -0.1) is 0 Å². The number of carbonyl (C=O) groups is 2. The Labute approximate surface area is 153 Å². The molecular weight excluding hydrogens is 362 g/mol. The van der Waals surface area contributed by atoms with E-state index < -0.39 is 39.6 Å². The van der Waals surface area contributed by atoms with Gasteiger partial charge >= 0.3 is 22.1 Å². The van der Waals surface area contributed by atoms with Gasteiger partial charge in [0.05, 0.1) is 19.3 Å². The Morgan fingerprint density at radius 2 is 1.65 bits per heavy atom. The van der Waals surface area contributed by atoms with Gasteiger partial charge in [-0.1, -0.05) is 12.1 Å². The van der Waals surface area contributed by atoms with Crippen molar-refractivity contribution in [3.8, 4) is 5.75 Å². The van der Waals surface area contributed by atoms with Gasteiger partial charge in [-0.3, -0.25) is 4.79 Å². The lowest BCUT2D eigenvalue weighted by Gasteiger charge is -2.31. The van der Waals surface area contributed by atoms with Crippen molar-refractivity contribution in [3.05, 3.63) is 29.8 Å². The van der Waals surface area contributed by atoms with E-state index in [1.54, 1.807) is 27.7 Å². The minimum absolute atomic E-state index is 0.0546. The van der Waals surface area contributed by atoms with Crippen molar-refractivity contribution in [2.45, 2.75) is 45.3 Å². The number of nitrogens with two attached hydrogens (primary N) is 1. The first-order valence-corrected chi connectivity index (χ1v) is 9.76. The van der Waals surface area contributed by atoms with Gasteiger partial charge in [0.15, 0.2) is 5.54 Å². The normalized spacial score (nSPS) is 14.2. The molecule has 146 valence electrons. The quantitative estimate of drug-likeness (QED) is 0.551. The van der Waals surface area contributed by atoms with Crippen molar-refractivity contribution in [1.29, 1.82) is 0 Å². The maximum Gasteiger partial charge on any atom is 0.331 e. The van der Waals surface area contributed by atoms with E-state index in [1.165, 1.54) is 24.3 Å². The number of carbonyl (C=O) groups excluding carboxylic acids is 2. The second-order valence-corrected chi connectivity index (χ2v) is 8.34. The summed E-state index contributed by atoms with van der Waals surface area (Å²) < 4.78 is 37.4. The van der Waals surface area contributed by atoms with E-state index in [-0.39, 0.29) is 17.9 Å². The lowest BCUT2D eigenvalue weighted by molar-refractivity contribution is -0.166. The summed E-state index contributed by atoms with van der Waals surface area (Å²) in [5.41, 5.74) is 3.91. The highest BCUT2D eigenvalue weighted by Gasteiger charge is 2.42. The van der Waals surface area contributed by atoms with Crippen LogP contribution in [0.25, 0.3) is 0 Å². The molecule has 0 bridgehead atoms. The molecule has 26 heavy (non-hydrogen) atoms. The maximum absolute atomic E-state index is 12.7. The van der Waals surface area contributed by atoms with Gasteiger partial charge in [-0.2, -0.15) is 8.42 Å². The summed E-state index contributed by atoms with van der Waals surface area (Å²) in [5.74, 6) is -1.40. The first kappa shape index (κ1) is 21.9. The van der Waals surface area contributed by atoms with E-state index in [0.717, 1.165) is 6.26 Å². The number of esters is 2. The zero-order valence-electron chi connectivity index (χ0n) is 15.6. The molecule has 0 aliphatic rings. The summed E-state index contributed by atoms with van der Waals surface area (Å²) in [7, 11) is -3.69. The van der Waals surface area contributed by atoms with E-state index in [4.69, 9.17) is 19.4 Å². The third-order valence-electron chi connectivity index (χ3n) is 3.11. The van der Waals surface area contributed by atoms with Crippen LogP contribution in [0.5, 0.6) is 5.75 Å². The molecule has 2 N–H and O–H groups in total. The molecule has 0 fully saturated rings. The largest absolute Gasteiger partial charge is 0.466 e. The summed E-state index contributed by atoms with van der Waals surface area (Å²) in [5, 5.41) is 0. The third-order valence-corrected chi connectivity index (χ3v) is 3.60. The van der Waals surface area contributed by atoms with Crippen molar-refractivity contribution in [3.63, 3.8) is 0 Å². The van der Waals surface area contributed by atoms with Crippen molar-refractivity contribution >= 4 is 22.1 Å². The third kappa shape index (κ3) is 6.64. The van der Waals surface area contributed by atoms with Gasteiger partial charge in [0, 0.05) is 0 Å². The molecule has 1 aromatic carbocycles. The Morgan fingerprint density at radius 1 is 1.12 bits per heavy atom. The standard InChI is InChI=1S/C17H25NO7S/c1-6-23-14(19)11-17(18,15(20)24-16(2,3)4)12-7-9-13(10-8-12)25-26(5,21)22/h7-10H,6,11,18H2,1-5H3.